The fourth-order valence-electron chi connectivity index (χ4n) is 3.85. The average Bonchev–Trinajstić information content (AvgIpc) is 3.00. The zero-order chi connectivity index (χ0) is 32.6. The van der Waals surface area contributed by atoms with Gasteiger partial charge < -0.3 is 19.8 Å². The molecule has 45 heavy (non-hydrogen) atoms. The van der Waals surface area contributed by atoms with Crippen molar-refractivity contribution in [1.82, 2.24) is 0 Å². The summed E-state index contributed by atoms with van der Waals surface area (Å²) in [6.07, 6.45) is 54.0. The van der Waals surface area contributed by atoms with Crippen LogP contribution in [0.15, 0.2) is 97.2 Å². The molecule has 0 spiro atoms. The summed E-state index contributed by atoms with van der Waals surface area (Å²) in [6, 6.07) is 0. The van der Waals surface area contributed by atoms with E-state index < -0.39 is 11.9 Å². The van der Waals surface area contributed by atoms with Crippen molar-refractivity contribution in [2.75, 3.05) is 0 Å². The first-order chi connectivity index (χ1) is 21.5. The molecule has 0 radical (unpaired) electrons. The van der Waals surface area contributed by atoms with Crippen LogP contribution in [0.3, 0.4) is 0 Å². The minimum absolute atomic E-state index is 0. The fraction of sp³-hybridized carbons (Fsp3) is 0.550. The third-order valence-electron chi connectivity index (χ3n) is 6.42. The fourth-order valence-corrected chi connectivity index (χ4v) is 3.85. The SMILES string of the molecule is CCCCCC=CCC=CCC=CCC=CCCCC(=O)[O-].CCCCCC=CCC=CCC=CCC=CCCCC(=O)[O-].[Zn+2]. The summed E-state index contributed by atoms with van der Waals surface area (Å²) in [7, 11) is 0. The normalized spacial score (nSPS) is 12.1. The van der Waals surface area contributed by atoms with Crippen LogP contribution in [0.2, 0.25) is 0 Å². The molecular weight excluding hydrogens is 610 g/mol. The number of carbonyl (C=O) groups excluding carboxylic acids is 2. The van der Waals surface area contributed by atoms with Gasteiger partial charge in [0.15, 0.2) is 0 Å². The van der Waals surface area contributed by atoms with Crippen LogP contribution >= 0.6 is 0 Å². The Kier molecular flexibility index (Phi) is 45.4. The molecule has 4 nitrogen and oxygen atoms in total. The Morgan fingerprint density at radius 2 is 0.600 bits per heavy atom. The number of rotatable bonds is 28. The number of allylic oxidation sites excluding steroid dienone is 16. The maximum Gasteiger partial charge on any atom is 2.00 e. The van der Waals surface area contributed by atoms with Crippen LogP contribution in [0, 0.1) is 0 Å². The van der Waals surface area contributed by atoms with E-state index in [1.54, 1.807) is 0 Å². The van der Waals surface area contributed by atoms with Crippen LogP contribution in [0.5, 0.6) is 0 Å². The maximum absolute atomic E-state index is 10.2. The summed E-state index contributed by atoms with van der Waals surface area (Å²) in [5.74, 6) is -1.92. The molecule has 0 aromatic carbocycles. The molecule has 0 heterocycles. The summed E-state index contributed by atoms with van der Waals surface area (Å²) >= 11 is 0. The molecule has 0 atom stereocenters. The Bertz CT molecular complexity index is 803. The Balaban J connectivity index is -0.000000767. The van der Waals surface area contributed by atoms with E-state index in [0.29, 0.717) is 12.8 Å². The first-order valence-corrected chi connectivity index (χ1v) is 17.1. The van der Waals surface area contributed by atoms with Gasteiger partial charge in [-0.05, 0) is 103 Å². The summed E-state index contributed by atoms with van der Waals surface area (Å²) in [4.78, 5) is 20.4. The van der Waals surface area contributed by atoms with E-state index in [1.807, 2.05) is 12.2 Å². The van der Waals surface area contributed by atoms with Crippen LogP contribution in [-0.4, -0.2) is 11.9 Å². The van der Waals surface area contributed by atoms with Gasteiger partial charge in [-0.1, -0.05) is 137 Å². The summed E-state index contributed by atoms with van der Waals surface area (Å²) < 4.78 is 0. The van der Waals surface area contributed by atoms with Gasteiger partial charge in [0.25, 0.3) is 0 Å². The number of hydrogen-bond donors (Lipinski definition) is 0. The van der Waals surface area contributed by atoms with Gasteiger partial charge >= 0.3 is 19.5 Å². The average molecular weight is 672 g/mol. The van der Waals surface area contributed by atoms with Crippen LogP contribution in [-0.2, 0) is 29.1 Å². The van der Waals surface area contributed by atoms with Crippen molar-refractivity contribution in [2.24, 2.45) is 0 Å². The molecule has 0 N–H and O–H groups in total. The van der Waals surface area contributed by atoms with Gasteiger partial charge in [-0.3, -0.25) is 0 Å². The minimum Gasteiger partial charge on any atom is -0.550 e. The van der Waals surface area contributed by atoms with Crippen molar-refractivity contribution in [3.05, 3.63) is 97.2 Å². The molecule has 0 bridgehead atoms. The standard InChI is InChI=1S/2C20H32O2.Zn/c2*1-2-3-4-5-6-7-8-9-10-11-12-13-14-15-16-17-18-19-20(21)22;/h2*6-7,9-10,12-13,15-16H,2-5,8,11,14,17-19H2,1H3,(H,21,22);/q;;+2/p-2. The Morgan fingerprint density at radius 3 is 0.822 bits per heavy atom. The molecule has 0 amide bonds. The first kappa shape index (κ1) is 46.9. The Hall–Kier alpha value is -2.52. The molecule has 0 saturated carbocycles. The number of carboxylic acid groups (broad SMARTS) is 2. The minimum atomic E-state index is -0.962. The second-order valence-electron chi connectivity index (χ2n) is 10.7. The van der Waals surface area contributed by atoms with Crippen LogP contribution in [0.1, 0.15) is 142 Å². The van der Waals surface area contributed by atoms with Gasteiger partial charge in [-0.25, -0.2) is 0 Å². The number of carboxylic acids is 2. The van der Waals surface area contributed by atoms with Crippen molar-refractivity contribution >= 4 is 11.9 Å². The third-order valence-corrected chi connectivity index (χ3v) is 6.42. The predicted molar refractivity (Wildman–Crippen MR) is 187 cm³/mol. The first-order valence-electron chi connectivity index (χ1n) is 17.1. The predicted octanol–water partition coefficient (Wildman–Crippen LogP) is 9.76. The molecule has 0 unspecified atom stereocenters. The number of unbranched alkanes of at least 4 members (excludes halogenated alkanes) is 8. The van der Waals surface area contributed by atoms with Crippen molar-refractivity contribution < 1.29 is 39.3 Å². The molecule has 0 aliphatic carbocycles. The number of aliphatic carboxylic acids is 2. The Morgan fingerprint density at radius 1 is 0.378 bits per heavy atom. The molecule has 0 aliphatic heterocycles. The quantitative estimate of drug-likeness (QED) is 0.0471. The second-order valence-corrected chi connectivity index (χ2v) is 10.7. The van der Waals surface area contributed by atoms with E-state index in [1.165, 1.54) is 51.4 Å². The third kappa shape index (κ3) is 51.4. The molecule has 0 rings (SSSR count). The molecular formula is C40H62O4Zn. The molecule has 0 aromatic heterocycles. The monoisotopic (exact) mass is 670 g/mol. The molecule has 248 valence electrons. The largest absolute Gasteiger partial charge is 2.00 e. The van der Waals surface area contributed by atoms with E-state index >= 15 is 0 Å². The molecule has 0 aromatic rings. The van der Waals surface area contributed by atoms with Gasteiger partial charge in [0, 0.05) is 11.9 Å². The van der Waals surface area contributed by atoms with Gasteiger partial charge in [0.1, 0.15) is 0 Å². The molecule has 0 fully saturated rings. The Labute approximate surface area is 289 Å². The van der Waals surface area contributed by atoms with Gasteiger partial charge in [-0.2, -0.15) is 0 Å². The molecule has 0 aliphatic rings. The van der Waals surface area contributed by atoms with Gasteiger partial charge in [0.2, 0.25) is 0 Å². The van der Waals surface area contributed by atoms with E-state index in [2.05, 4.69) is 98.9 Å². The number of carbonyl (C=O) groups is 2. The van der Waals surface area contributed by atoms with Gasteiger partial charge in [-0.15, -0.1) is 0 Å². The van der Waals surface area contributed by atoms with E-state index in [0.717, 1.165) is 51.4 Å². The molecule has 5 heteroatoms. The van der Waals surface area contributed by atoms with Crippen molar-refractivity contribution in [2.45, 2.75) is 142 Å². The second kappa shape index (κ2) is 43.6. The van der Waals surface area contributed by atoms with E-state index in [9.17, 15) is 19.8 Å². The summed E-state index contributed by atoms with van der Waals surface area (Å²) in [5.41, 5.74) is 0. The topological polar surface area (TPSA) is 80.3 Å². The summed E-state index contributed by atoms with van der Waals surface area (Å²) in [6.45, 7) is 4.46. The smallest absolute Gasteiger partial charge is 0.550 e. The van der Waals surface area contributed by atoms with E-state index in [4.69, 9.17) is 0 Å². The van der Waals surface area contributed by atoms with Crippen LogP contribution in [0.4, 0.5) is 0 Å². The van der Waals surface area contributed by atoms with E-state index in [-0.39, 0.29) is 32.3 Å². The van der Waals surface area contributed by atoms with Crippen molar-refractivity contribution in [3.63, 3.8) is 0 Å². The van der Waals surface area contributed by atoms with Crippen LogP contribution in [0.25, 0.3) is 0 Å². The zero-order valence-corrected chi connectivity index (χ0v) is 31.7. The van der Waals surface area contributed by atoms with Crippen LogP contribution < -0.4 is 10.2 Å². The van der Waals surface area contributed by atoms with Crippen molar-refractivity contribution in [1.29, 1.82) is 0 Å². The zero-order valence-electron chi connectivity index (χ0n) is 28.7. The molecule has 0 saturated heterocycles. The number of hydrogen-bond acceptors (Lipinski definition) is 4. The van der Waals surface area contributed by atoms with Crippen molar-refractivity contribution in [3.8, 4) is 0 Å². The van der Waals surface area contributed by atoms with Gasteiger partial charge in [0.05, 0.1) is 0 Å². The summed E-state index contributed by atoms with van der Waals surface area (Å²) in [5, 5.41) is 20.4. The maximum atomic E-state index is 10.2.